The number of hydrogen-bond donors (Lipinski definition) is 0. The van der Waals surface area contributed by atoms with E-state index in [-0.39, 0.29) is 66.9 Å². The summed E-state index contributed by atoms with van der Waals surface area (Å²) in [6.45, 7) is 9.18. The zero-order chi connectivity index (χ0) is 17.1. The minimum absolute atomic E-state index is 0. The van der Waals surface area contributed by atoms with Crippen molar-refractivity contribution >= 4 is 48.0 Å². The first-order valence-corrected chi connectivity index (χ1v) is 12.7. The Morgan fingerprint density at radius 2 is 0.926 bits per heavy atom. The molecular formula is C22H24Cl2P2Zr. The summed E-state index contributed by atoms with van der Waals surface area (Å²) in [5.41, 5.74) is 0. The van der Waals surface area contributed by atoms with Gasteiger partial charge >= 0.3 is 26.2 Å². The van der Waals surface area contributed by atoms with Crippen molar-refractivity contribution < 1.29 is 51.0 Å². The molecule has 0 aliphatic rings. The Kier molecular flexibility index (Phi) is 12.5. The Labute approximate surface area is 197 Å². The molecule has 0 aliphatic heterocycles. The van der Waals surface area contributed by atoms with Crippen molar-refractivity contribution in [3.63, 3.8) is 0 Å². The van der Waals surface area contributed by atoms with Crippen LogP contribution in [-0.4, -0.2) is 26.7 Å². The minimum atomic E-state index is 0. The van der Waals surface area contributed by atoms with Crippen LogP contribution in [0.3, 0.4) is 0 Å². The number of benzene rings is 2. The van der Waals surface area contributed by atoms with Crippen molar-refractivity contribution in [1.29, 1.82) is 0 Å². The summed E-state index contributed by atoms with van der Waals surface area (Å²) < 4.78 is 0. The van der Waals surface area contributed by atoms with Crippen molar-refractivity contribution in [2.75, 3.05) is 26.7 Å². The van der Waals surface area contributed by atoms with Gasteiger partial charge < -0.3 is 24.8 Å². The van der Waals surface area contributed by atoms with Crippen LogP contribution < -0.4 is 35.4 Å². The Morgan fingerprint density at radius 1 is 0.593 bits per heavy atom. The van der Waals surface area contributed by atoms with E-state index in [0.29, 0.717) is 0 Å². The zero-order valence-electron chi connectivity index (χ0n) is 16.1. The van der Waals surface area contributed by atoms with Crippen molar-refractivity contribution in [3.8, 4) is 0 Å². The van der Waals surface area contributed by atoms with Gasteiger partial charge in [0.15, 0.2) is 0 Å². The number of fused-ring (bicyclic) bond motifs is 2. The molecule has 0 bridgehead atoms. The molecule has 0 aromatic heterocycles. The molecule has 4 aromatic carbocycles. The summed E-state index contributed by atoms with van der Waals surface area (Å²) in [5, 5.41) is 8.53. The fourth-order valence-corrected chi connectivity index (χ4v) is 4.37. The fourth-order valence-electron chi connectivity index (χ4n) is 2.78. The van der Waals surface area contributed by atoms with E-state index in [4.69, 9.17) is 0 Å². The van der Waals surface area contributed by atoms with Gasteiger partial charge in [-0.05, 0) is 26.7 Å². The molecule has 0 atom stereocenters. The minimum Gasteiger partial charge on any atom is -1.00 e. The molecule has 0 nitrogen and oxygen atoms in total. The maximum Gasteiger partial charge on any atom is 4.00 e. The molecule has 0 amide bonds. The van der Waals surface area contributed by atoms with Gasteiger partial charge in [-0.15, -0.1) is 96.5 Å². The second kappa shape index (κ2) is 12.5. The maximum absolute atomic E-state index is 2.31. The molecule has 0 radical (unpaired) electrons. The van der Waals surface area contributed by atoms with E-state index in [1.807, 2.05) is 0 Å². The van der Waals surface area contributed by atoms with Crippen LogP contribution >= 0.6 is 15.8 Å². The van der Waals surface area contributed by atoms with Gasteiger partial charge in [0.2, 0.25) is 0 Å². The average molecular weight is 513 g/mol. The summed E-state index contributed by atoms with van der Waals surface area (Å²) in [4.78, 5) is 0. The quantitative estimate of drug-likeness (QED) is 0.259. The Morgan fingerprint density at radius 3 is 1.22 bits per heavy atom. The van der Waals surface area contributed by atoms with Gasteiger partial charge in [0, 0.05) is 0 Å². The molecule has 0 heterocycles. The van der Waals surface area contributed by atoms with Gasteiger partial charge in [-0.3, -0.25) is 0 Å². The summed E-state index contributed by atoms with van der Waals surface area (Å²) in [6, 6.07) is 26.3. The molecule has 0 aliphatic carbocycles. The normalized spacial score (nSPS) is 10.0. The molecule has 27 heavy (non-hydrogen) atoms. The predicted molar refractivity (Wildman–Crippen MR) is 116 cm³/mol. The zero-order valence-corrected chi connectivity index (χ0v) is 21.8. The molecule has 0 unspecified atom stereocenters. The SMILES string of the molecule is CP(C)c1cc2ccccc2[cH-]1.CP(C)c1cc2ccccc2[cH-]1.[Cl-].[Cl-].[Zr+4]. The van der Waals surface area contributed by atoms with Gasteiger partial charge in [0.25, 0.3) is 0 Å². The molecular weight excluding hydrogens is 488 g/mol. The fraction of sp³-hybridized carbons (Fsp3) is 0.182. The molecule has 0 saturated heterocycles. The van der Waals surface area contributed by atoms with Crippen LogP contribution in [-0.2, 0) is 26.2 Å². The van der Waals surface area contributed by atoms with Crippen LogP contribution in [0.4, 0.5) is 0 Å². The molecule has 5 heteroatoms. The molecule has 4 aromatic rings. The van der Waals surface area contributed by atoms with Gasteiger partial charge in [-0.2, -0.15) is 12.1 Å². The second-order valence-corrected chi connectivity index (χ2v) is 11.1. The molecule has 0 N–H and O–H groups in total. The first-order valence-electron chi connectivity index (χ1n) is 8.20. The van der Waals surface area contributed by atoms with E-state index in [0.717, 1.165) is 0 Å². The van der Waals surface area contributed by atoms with E-state index >= 15 is 0 Å². The van der Waals surface area contributed by atoms with Crippen LogP contribution in [0.2, 0.25) is 0 Å². The summed E-state index contributed by atoms with van der Waals surface area (Å²) in [5.74, 6) is 0. The van der Waals surface area contributed by atoms with Gasteiger partial charge in [-0.25, -0.2) is 0 Å². The van der Waals surface area contributed by atoms with Crippen molar-refractivity contribution in [2.24, 2.45) is 0 Å². The van der Waals surface area contributed by atoms with Gasteiger partial charge in [-0.1, -0.05) is 12.1 Å². The summed E-state index contributed by atoms with van der Waals surface area (Å²) in [7, 11) is 0.115. The van der Waals surface area contributed by atoms with Crippen molar-refractivity contribution in [3.05, 3.63) is 72.8 Å². The van der Waals surface area contributed by atoms with Crippen molar-refractivity contribution in [1.82, 2.24) is 0 Å². The number of hydrogen-bond acceptors (Lipinski definition) is 0. The van der Waals surface area contributed by atoms with Crippen LogP contribution in [0.1, 0.15) is 0 Å². The van der Waals surface area contributed by atoms with E-state index in [1.54, 1.807) is 0 Å². The summed E-state index contributed by atoms with van der Waals surface area (Å²) in [6.07, 6.45) is 0. The molecule has 0 spiro atoms. The second-order valence-electron chi connectivity index (χ2n) is 6.47. The third-order valence-electron chi connectivity index (χ3n) is 4.24. The third kappa shape index (κ3) is 7.07. The van der Waals surface area contributed by atoms with E-state index in [9.17, 15) is 0 Å². The van der Waals surface area contributed by atoms with Crippen LogP contribution in [0.25, 0.3) is 21.5 Å². The average Bonchev–Trinajstić information content (AvgIpc) is 3.19. The predicted octanol–water partition coefficient (Wildman–Crippen LogP) is -0.143. The molecule has 140 valence electrons. The first kappa shape index (κ1) is 27.0. The first-order chi connectivity index (χ1) is 11.5. The smallest absolute Gasteiger partial charge is 1.00 e. The molecule has 0 saturated carbocycles. The van der Waals surface area contributed by atoms with E-state index in [1.165, 1.54) is 32.2 Å². The Hall–Kier alpha value is -0.0169. The molecule has 0 fully saturated rings. The number of halogens is 2. The van der Waals surface area contributed by atoms with Crippen LogP contribution in [0.5, 0.6) is 0 Å². The standard InChI is InChI=1S/2C11H12P.2ClH.Zr/c2*1-12(2)11-7-9-5-3-4-6-10(9)8-11;;;/h2*3-8H,1-2H3;2*1H;/q2*-1;;;+4/p-2. The third-order valence-corrected chi connectivity index (χ3v) is 6.82. The Bertz CT molecular complexity index is 797. The maximum atomic E-state index is 2.31. The molecule has 4 rings (SSSR count). The van der Waals surface area contributed by atoms with Gasteiger partial charge in [0.05, 0.1) is 0 Å². The monoisotopic (exact) mass is 510 g/mol. The van der Waals surface area contributed by atoms with Crippen LogP contribution in [0, 0.1) is 0 Å². The number of rotatable bonds is 2. The van der Waals surface area contributed by atoms with E-state index in [2.05, 4.69) is 99.5 Å². The van der Waals surface area contributed by atoms with Crippen molar-refractivity contribution in [2.45, 2.75) is 0 Å². The van der Waals surface area contributed by atoms with E-state index < -0.39 is 0 Å². The van der Waals surface area contributed by atoms with Gasteiger partial charge in [0.1, 0.15) is 0 Å². The summed E-state index contributed by atoms with van der Waals surface area (Å²) >= 11 is 0. The van der Waals surface area contributed by atoms with Crippen LogP contribution in [0.15, 0.2) is 72.8 Å². The largest absolute Gasteiger partial charge is 4.00 e. The Balaban J connectivity index is 0.000000451. The topological polar surface area (TPSA) is 0 Å².